The highest BCUT2D eigenvalue weighted by Crippen LogP contribution is 2.49. The summed E-state index contributed by atoms with van der Waals surface area (Å²) >= 11 is 0. The van der Waals surface area contributed by atoms with Gasteiger partial charge in [-0.1, -0.05) is 157 Å². The Balaban J connectivity index is 0.00000138. The predicted octanol–water partition coefficient (Wildman–Crippen LogP) is 13.6. The van der Waals surface area contributed by atoms with E-state index in [0.29, 0.717) is 42.5 Å². The van der Waals surface area contributed by atoms with Crippen LogP contribution in [0.15, 0.2) is 143 Å². The van der Waals surface area contributed by atoms with Crippen molar-refractivity contribution in [2.75, 3.05) is 11.5 Å². The van der Waals surface area contributed by atoms with Gasteiger partial charge in [0.05, 0.1) is 12.0 Å². The number of hydrogen-bond acceptors (Lipinski definition) is 7. The van der Waals surface area contributed by atoms with Crippen LogP contribution in [0.3, 0.4) is 0 Å². The van der Waals surface area contributed by atoms with Gasteiger partial charge in [0.1, 0.15) is 23.0 Å². The van der Waals surface area contributed by atoms with E-state index in [1.165, 1.54) is 5.56 Å². The average Bonchev–Trinajstić information content (AvgIpc) is 3.98. The van der Waals surface area contributed by atoms with E-state index in [-0.39, 0.29) is 5.97 Å². The van der Waals surface area contributed by atoms with Crippen molar-refractivity contribution in [1.29, 1.82) is 0 Å². The number of rotatable bonds is 14. The molecule has 6 rings (SSSR count). The fourth-order valence-corrected chi connectivity index (χ4v) is 6.42. The normalized spacial score (nSPS) is 12.5. The molecule has 1 aliphatic carbocycles. The van der Waals surface area contributed by atoms with Crippen molar-refractivity contribution in [2.24, 2.45) is 4.99 Å². The highest BCUT2D eigenvalue weighted by Gasteiger charge is 2.52. The van der Waals surface area contributed by atoms with Crippen LogP contribution < -0.4 is 4.90 Å². The van der Waals surface area contributed by atoms with Gasteiger partial charge in [-0.25, -0.2) is 9.98 Å². The van der Waals surface area contributed by atoms with Crippen molar-refractivity contribution in [3.8, 4) is 22.5 Å². The Labute approximate surface area is 341 Å². The number of pyridine rings is 1. The molecule has 300 valence electrons. The Hall–Kier alpha value is -5.82. The summed E-state index contributed by atoms with van der Waals surface area (Å²) in [5, 5.41) is 4.42. The Bertz CT molecular complexity index is 2090. The summed E-state index contributed by atoms with van der Waals surface area (Å²) < 4.78 is 11.4. The Morgan fingerprint density at radius 1 is 0.860 bits per heavy atom. The molecule has 2 heterocycles. The molecule has 0 amide bonds. The molecule has 0 bridgehead atoms. The lowest BCUT2D eigenvalue weighted by molar-refractivity contribution is -0.146. The van der Waals surface area contributed by atoms with E-state index in [2.05, 4.69) is 54.7 Å². The number of anilines is 2. The summed E-state index contributed by atoms with van der Waals surface area (Å²) in [6, 6.07) is 32.7. The standard InChI is InChI=1S/C44H44N4O3.3C2H6/c1-7-13-30(3)28-31(4)45-33(6)48(40-17-12-16-39(46-40)29-34-14-10-9-11-15-34)41-32(5)47-51-42(41)37-20-18-35(19-21-37)36-22-24-38(25-23-36)44(26-27-44)43(49)50-8-2;3*1-2/h7,9-25H,3,6,8,26-29H2,1-2,4-5H3;3*1-2H3/b13-7-,45-31+;;;. The van der Waals surface area contributed by atoms with E-state index in [1.807, 2.05) is 147 Å². The first-order valence-corrected chi connectivity index (χ1v) is 20.4. The lowest BCUT2D eigenvalue weighted by Crippen LogP contribution is -2.23. The van der Waals surface area contributed by atoms with Crippen molar-refractivity contribution in [3.05, 3.63) is 156 Å². The summed E-state index contributed by atoms with van der Waals surface area (Å²) in [5.74, 6) is 1.61. The summed E-state index contributed by atoms with van der Waals surface area (Å²) in [4.78, 5) is 24.6. The van der Waals surface area contributed by atoms with Crippen LogP contribution in [0.4, 0.5) is 11.5 Å². The smallest absolute Gasteiger partial charge is 0.316 e. The molecule has 1 fully saturated rings. The zero-order valence-electron chi connectivity index (χ0n) is 35.9. The van der Waals surface area contributed by atoms with Crippen molar-refractivity contribution in [3.63, 3.8) is 0 Å². The van der Waals surface area contributed by atoms with Gasteiger partial charge < -0.3 is 9.26 Å². The molecule has 0 unspecified atom stereocenters. The minimum Gasteiger partial charge on any atom is -0.465 e. The van der Waals surface area contributed by atoms with Gasteiger partial charge in [0.15, 0.2) is 5.76 Å². The molecule has 0 aliphatic heterocycles. The van der Waals surface area contributed by atoms with Crippen molar-refractivity contribution >= 4 is 23.2 Å². The highest BCUT2D eigenvalue weighted by molar-refractivity contribution is 5.88. The fraction of sp³-hybridized carbons (Fsp3) is 0.320. The second kappa shape index (κ2) is 22.7. The number of aliphatic imine (C=N–C) groups is 1. The molecular weight excluding hydrogens is 705 g/mol. The Kier molecular flexibility index (Phi) is 18.1. The maximum Gasteiger partial charge on any atom is 0.316 e. The van der Waals surface area contributed by atoms with Gasteiger partial charge in [-0.15, -0.1) is 0 Å². The molecule has 0 spiro atoms. The number of benzene rings is 3. The summed E-state index contributed by atoms with van der Waals surface area (Å²) in [7, 11) is 0. The lowest BCUT2D eigenvalue weighted by Gasteiger charge is -2.24. The number of hydrogen-bond donors (Lipinski definition) is 0. The number of ether oxygens (including phenoxy) is 1. The Morgan fingerprint density at radius 3 is 2.04 bits per heavy atom. The fourth-order valence-electron chi connectivity index (χ4n) is 6.42. The predicted molar refractivity (Wildman–Crippen MR) is 240 cm³/mol. The van der Waals surface area contributed by atoms with E-state index in [4.69, 9.17) is 19.2 Å². The van der Waals surface area contributed by atoms with Gasteiger partial charge in [0, 0.05) is 29.8 Å². The van der Waals surface area contributed by atoms with Crippen LogP contribution in [-0.2, 0) is 21.4 Å². The third-order valence-electron chi connectivity index (χ3n) is 9.10. The average molecular weight is 767 g/mol. The molecule has 3 aromatic carbocycles. The van der Waals surface area contributed by atoms with Crippen LogP contribution in [0.25, 0.3) is 22.5 Å². The molecule has 2 aromatic heterocycles. The number of allylic oxidation sites excluding steroid dienone is 3. The van der Waals surface area contributed by atoms with Gasteiger partial charge in [0.25, 0.3) is 0 Å². The minimum atomic E-state index is -0.492. The van der Waals surface area contributed by atoms with E-state index in [0.717, 1.165) is 57.8 Å². The number of carbonyl (C=O) groups excluding carboxylic acids is 1. The molecule has 57 heavy (non-hydrogen) atoms. The second-order valence-electron chi connectivity index (χ2n) is 13.0. The number of nitrogens with zero attached hydrogens (tertiary/aromatic N) is 4. The largest absolute Gasteiger partial charge is 0.465 e. The highest BCUT2D eigenvalue weighted by atomic mass is 16.5. The van der Waals surface area contributed by atoms with Crippen LogP contribution in [0.1, 0.15) is 104 Å². The van der Waals surface area contributed by atoms with Gasteiger partial charge in [0.2, 0.25) is 0 Å². The van der Waals surface area contributed by atoms with E-state index in [9.17, 15) is 4.79 Å². The first kappa shape index (κ1) is 45.6. The van der Waals surface area contributed by atoms with Crippen LogP contribution >= 0.6 is 0 Å². The van der Waals surface area contributed by atoms with Gasteiger partial charge in [-0.05, 0) is 80.5 Å². The molecule has 0 N–H and O–H groups in total. The topological polar surface area (TPSA) is 80.8 Å². The number of aromatic nitrogens is 2. The summed E-state index contributed by atoms with van der Waals surface area (Å²) in [6.07, 6.45) is 6.91. The van der Waals surface area contributed by atoms with E-state index in [1.54, 1.807) is 0 Å². The molecule has 0 radical (unpaired) electrons. The maximum absolute atomic E-state index is 12.6. The van der Waals surface area contributed by atoms with E-state index >= 15 is 0 Å². The van der Waals surface area contributed by atoms with Crippen molar-refractivity contribution in [2.45, 2.75) is 100 Å². The molecule has 0 atom stereocenters. The number of esters is 1. The molecule has 5 aromatic rings. The van der Waals surface area contributed by atoms with Gasteiger partial charge >= 0.3 is 5.97 Å². The molecular formula is C50H62N4O3. The molecule has 1 saturated carbocycles. The number of aryl methyl sites for hydroxylation is 1. The third kappa shape index (κ3) is 11.6. The molecule has 7 nitrogen and oxygen atoms in total. The van der Waals surface area contributed by atoms with Crippen molar-refractivity contribution in [1.82, 2.24) is 10.1 Å². The Morgan fingerprint density at radius 2 is 1.46 bits per heavy atom. The van der Waals surface area contributed by atoms with Crippen LogP contribution in [0.2, 0.25) is 0 Å². The monoisotopic (exact) mass is 766 g/mol. The van der Waals surface area contributed by atoms with Gasteiger partial charge in [-0.3, -0.25) is 9.69 Å². The maximum atomic E-state index is 12.6. The van der Waals surface area contributed by atoms with Crippen LogP contribution in [0, 0.1) is 6.92 Å². The van der Waals surface area contributed by atoms with E-state index < -0.39 is 5.41 Å². The first-order chi connectivity index (χ1) is 27.7. The molecule has 7 heteroatoms. The first-order valence-electron chi connectivity index (χ1n) is 20.4. The van der Waals surface area contributed by atoms with Crippen LogP contribution in [-0.4, -0.2) is 28.4 Å². The summed E-state index contributed by atoms with van der Waals surface area (Å²) in [6.45, 7) is 28.7. The minimum absolute atomic E-state index is 0.130. The van der Waals surface area contributed by atoms with Gasteiger partial charge in [-0.2, -0.15) is 0 Å². The van der Waals surface area contributed by atoms with Crippen LogP contribution in [0.5, 0.6) is 0 Å². The quantitative estimate of drug-likeness (QED) is 0.0636. The zero-order valence-corrected chi connectivity index (χ0v) is 35.9. The third-order valence-corrected chi connectivity index (χ3v) is 9.10. The molecule has 1 aliphatic rings. The summed E-state index contributed by atoms with van der Waals surface area (Å²) in [5.41, 5.74) is 8.79. The zero-order chi connectivity index (χ0) is 42.0. The number of carbonyl (C=O) groups is 1. The molecule has 0 saturated heterocycles. The van der Waals surface area contributed by atoms with Crippen molar-refractivity contribution < 1.29 is 14.1 Å². The second-order valence-corrected chi connectivity index (χ2v) is 13.0. The SMILES string of the molecule is C=C(/C=C\C)C/C(C)=N/C(=C)N(c1cccc(Cc2ccccc2)n1)c1c(C)noc1-c1ccc(-c2ccc(C3(C(=O)OCC)CC3)cc2)cc1.CC.CC.CC. The lowest BCUT2D eigenvalue weighted by atomic mass is 9.93.